The monoisotopic (exact) mass is 455 g/mol. The quantitative estimate of drug-likeness (QED) is 0.247. The van der Waals surface area contributed by atoms with Gasteiger partial charge < -0.3 is 27.1 Å². The Morgan fingerprint density at radius 1 is 0.677 bits per heavy atom. The van der Waals surface area contributed by atoms with Crippen molar-refractivity contribution in [1.29, 1.82) is 0 Å². The van der Waals surface area contributed by atoms with Gasteiger partial charge in [-0.25, -0.2) is 0 Å². The molecule has 0 bridgehead atoms. The highest BCUT2D eigenvalue weighted by molar-refractivity contribution is 5.13. The molecule has 2 atom stereocenters. The van der Waals surface area contributed by atoms with E-state index < -0.39 is 0 Å². The van der Waals surface area contributed by atoms with Gasteiger partial charge in [0, 0.05) is 5.56 Å². The van der Waals surface area contributed by atoms with Gasteiger partial charge in [-0.1, -0.05) is 101 Å². The molecule has 2 N–H and O–H groups in total. The third-order valence-electron chi connectivity index (χ3n) is 6.15. The molecule has 1 aromatic carbocycles. The van der Waals surface area contributed by atoms with Crippen LogP contribution in [0.4, 0.5) is 0 Å². The Bertz CT molecular complexity index is 497. The van der Waals surface area contributed by atoms with Crippen molar-refractivity contribution in [3.63, 3.8) is 0 Å². The van der Waals surface area contributed by atoms with E-state index in [1.165, 1.54) is 82.6 Å². The first-order valence-corrected chi connectivity index (χ1v) is 12.7. The fourth-order valence-corrected chi connectivity index (χ4v) is 4.85. The first-order valence-electron chi connectivity index (χ1n) is 12.7. The number of aliphatic hydroxyl groups is 2. The average molecular weight is 456 g/mol. The normalized spacial score (nSPS) is 15.1. The zero-order chi connectivity index (χ0) is 22.1. The summed E-state index contributed by atoms with van der Waals surface area (Å²) in [7, 11) is 0. The van der Waals surface area contributed by atoms with Crippen LogP contribution in [0.1, 0.15) is 103 Å². The van der Waals surface area contributed by atoms with Gasteiger partial charge in [0.05, 0.1) is 6.54 Å². The summed E-state index contributed by atoms with van der Waals surface area (Å²) in [6.45, 7) is 9.36. The van der Waals surface area contributed by atoms with Gasteiger partial charge in [-0.15, -0.1) is 0 Å². The lowest BCUT2D eigenvalue weighted by Gasteiger charge is -2.41. The van der Waals surface area contributed by atoms with Crippen LogP contribution in [0.25, 0.3) is 0 Å². The van der Waals surface area contributed by atoms with Crippen LogP contribution in [0.15, 0.2) is 30.3 Å². The molecule has 31 heavy (non-hydrogen) atoms. The lowest BCUT2D eigenvalue weighted by atomic mass is 10.0. The first kappa shape index (κ1) is 30.4. The average Bonchev–Trinajstić information content (AvgIpc) is 2.68. The van der Waals surface area contributed by atoms with Crippen molar-refractivity contribution < 1.29 is 27.1 Å². The third-order valence-corrected chi connectivity index (χ3v) is 6.15. The molecule has 3 nitrogen and oxygen atoms in total. The maximum atomic E-state index is 10.2. The lowest BCUT2D eigenvalue weighted by Crippen LogP contribution is -3.00. The molecule has 0 saturated heterocycles. The van der Waals surface area contributed by atoms with Crippen molar-refractivity contribution in [1.82, 2.24) is 0 Å². The molecule has 1 aromatic rings. The fraction of sp³-hybridized carbons (Fsp3) is 0.778. The van der Waals surface area contributed by atoms with Crippen LogP contribution < -0.4 is 12.4 Å². The van der Waals surface area contributed by atoms with E-state index >= 15 is 0 Å². The minimum absolute atomic E-state index is 0. The molecule has 0 spiro atoms. The van der Waals surface area contributed by atoms with Crippen molar-refractivity contribution in [2.45, 2.75) is 117 Å². The molecular weight excluding hydrogens is 406 g/mol. The topological polar surface area (TPSA) is 40.5 Å². The number of nitrogens with zero attached hydrogens (tertiary/aromatic N) is 1. The SMILES string of the molecule is CCCCCCCCCCCCCC[N+](Cc1ccccc1)(CC(C)O)CC(C)O.[Cl-]. The predicted octanol–water partition coefficient (Wildman–Crippen LogP) is 3.47. The summed E-state index contributed by atoms with van der Waals surface area (Å²) in [5.41, 5.74) is 1.29. The first-order chi connectivity index (χ1) is 14.5. The molecule has 0 fully saturated rings. The van der Waals surface area contributed by atoms with E-state index in [1.807, 2.05) is 19.9 Å². The van der Waals surface area contributed by atoms with Crippen molar-refractivity contribution in [2.75, 3.05) is 19.6 Å². The number of hydrogen-bond donors (Lipinski definition) is 2. The number of benzene rings is 1. The molecule has 0 aliphatic carbocycles. The molecule has 0 amide bonds. The molecule has 0 heterocycles. The Hall–Kier alpha value is -0.610. The van der Waals surface area contributed by atoms with Crippen LogP contribution in [0.2, 0.25) is 0 Å². The van der Waals surface area contributed by atoms with E-state index in [0.29, 0.717) is 13.1 Å². The van der Waals surface area contributed by atoms with Gasteiger partial charge in [-0.05, 0) is 26.7 Å². The molecule has 4 heteroatoms. The van der Waals surface area contributed by atoms with Crippen LogP contribution in [0, 0.1) is 0 Å². The molecule has 0 radical (unpaired) electrons. The summed E-state index contributed by atoms with van der Waals surface area (Å²) in [4.78, 5) is 0. The molecule has 2 unspecified atom stereocenters. The fourth-order valence-electron chi connectivity index (χ4n) is 4.85. The predicted molar refractivity (Wildman–Crippen MR) is 129 cm³/mol. The van der Waals surface area contributed by atoms with E-state index in [4.69, 9.17) is 0 Å². The number of aliphatic hydroxyl groups excluding tert-OH is 2. The van der Waals surface area contributed by atoms with Crippen molar-refractivity contribution in [2.24, 2.45) is 0 Å². The van der Waals surface area contributed by atoms with E-state index in [-0.39, 0.29) is 24.6 Å². The Morgan fingerprint density at radius 2 is 1.10 bits per heavy atom. The highest BCUT2D eigenvalue weighted by Gasteiger charge is 2.30. The maximum absolute atomic E-state index is 10.2. The molecule has 0 aromatic heterocycles. The highest BCUT2D eigenvalue weighted by Crippen LogP contribution is 2.20. The molecular formula is C27H50ClNO2. The van der Waals surface area contributed by atoms with E-state index in [9.17, 15) is 10.2 Å². The van der Waals surface area contributed by atoms with Gasteiger partial charge in [0.2, 0.25) is 0 Å². The number of quaternary nitrogens is 1. The summed E-state index contributed by atoms with van der Waals surface area (Å²) < 4.78 is 0.775. The van der Waals surface area contributed by atoms with Crippen LogP contribution in [0.3, 0.4) is 0 Å². The zero-order valence-electron chi connectivity index (χ0n) is 20.6. The Kier molecular flexibility index (Phi) is 18.5. The minimum Gasteiger partial charge on any atom is -1.00 e. The molecule has 1 rings (SSSR count). The number of rotatable bonds is 19. The van der Waals surface area contributed by atoms with Crippen LogP contribution >= 0.6 is 0 Å². The van der Waals surface area contributed by atoms with E-state index in [0.717, 1.165) is 17.6 Å². The van der Waals surface area contributed by atoms with Crippen molar-refractivity contribution in [3.05, 3.63) is 35.9 Å². The standard InChI is InChI=1S/C27H50NO2.ClH/c1-4-5-6-7-8-9-10-11-12-13-14-18-21-28(22-25(2)29,23-26(3)30)24-27-19-16-15-17-20-27;/h15-17,19-20,25-26,29-30H,4-14,18,21-24H2,1-3H3;1H/q+1;/p-1. The Balaban J connectivity index is 0.00000900. The smallest absolute Gasteiger partial charge is 0.105 e. The summed E-state index contributed by atoms with van der Waals surface area (Å²) in [5, 5.41) is 20.3. The second kappa shape index (κ2) is 18.9. The number of halogens is 1. The van der Waals surface area contributed by atoms with Gasteiger partial charge in [0.1, 0.15) is 31.8 Å². The zero-order valence-corrected chi connectivity index (χ0v) is 21.3. The summed E-state index contributed by atoms with van der Waals surface area (Å²) >= 11 is 0. The van der Waals surface area contributed by atoms with Crippen LogP contribution in [0.5, 0.6) is 0 Å². The van der Waals surface area contributed by atoms with E-state index in [1.54, 1.807) is 0 Å². The second-order valence-electron chi connectivity index (χ2n) is 9.66. The third kappa shape index (κ3) is 15.8. The summed E-state index contributed by atoms with van der Waals surface area (Å²) in [5.74, 6) is 0. The molecule has 0 aliphatic rings. The summed E-state index contributed by atoms with van der Waals surface area (Å²) in [6.07, 6.45) is 15.5. The molecule has 0 aliphatic heterocycles. The second-order valence-corrected chi connectivity index (χ2v) is 9.66. The molecule has 182 valence electrons. The number of hydrogen-bond acceptors (Lipinski definition) is 2. The Labute approximate surface area is 199 Å². The number of unbranched alkanes of at least 4 members (excludes halogenated alkanes) is 11. The van der Waals surface area contributed by atoms with Crippen LogP contribution in [-0.2, 0) is 6.54 Å². The van der Waals surface area contributed by atoms with Gasteiger partial charge in [0.15, 0.2) is 0 Å². The van der Waals surface area contributed by atoms with Gasteiger partial charge in [0.25, 0.3) is 0 Å². The maximum Gasteiger partial charge on any atom is 0.105 e. The van der Waals surface area contributed by atoms with Crippen molar-refractivity contribution >= 4 is 0 Å². The summed E-state index contributed by atoms with van der Waals surface area (Å²) in [6, 6.07) is 10.5. The van der Waals surface area contributed by atoms with E-state index in [2.05, 4.69) is 31.2 Å². The van der Waals surface area contributed by atoms with Crippen molar-refractivity contribution in [3.8, 4) is 0 Å². The Morgan fingerprint density at radius 3 is 1.52 bits per heavy atom. The lowest BCUT2D eigenvalue weighted by molar-refractivity contribution is -0.946. The van der Waals surface area contributed by atoms with Crippen LogP contribution in [-0.4, -0.2) is 46.5 Å². The van der Waals surface area contributed by atoms with Gasteiger partial charge in [-0.3, -0.25) is 0 Å². The van der Waals surface area contributed by atoms with Gasteiger partial charge in [-0.2, -0.15) is 0 Å². The molecule has 0 saturated carbocycles. The highest BCUT2D eigenvalue weighted by atomic mass is 35.5. The van der Waals surface area contributed by atoms with Gasteiger partial charge >= 0.3 is 0 Å². The minimum atomic E-state index is -0.357. The largest absolute Gasteiger partial charge is 1.00 e.